The summed E-state index contributed by atoms with van der Waals surface area (Å²) in [6, 6.07) is 5.39. The third kappa shape index (κ3) is 3.56. The van der Waals surface area contributed by atoms with Gasteiger partial charge in [-0.05, 0) is 19.1 Å². The fourth-order valence-corrected chi connectivity index (χ4v) is 3.49. The van der Waals surface area contributed by atoms with Crippen LogP contribution >= 0.6 is 0 Å². The molecule has 32 heavy (non-hydrogen) atoms. The van der Waals surface area contributed by atoms with Crippen molar-refractivity contribution >= 4 is 11.0 Å². The van der Waals surface area contributed by atoms with E-state index < -0.39 is 59.1 Å². The second-order valence-corrected chi connectivity index (χ2v) is 7.43. The number of hydrogen-bond acceptors (Lipinski definition) is 11. The summed E-state index contributed by atoms with van der Waals surface area (Å²) in [5, 5.41) is 69.6. The van der Waals surface area contributed by atoms with Crippen LogP contribution in [0.3, 0.4) is 0 Å². The van der Waals surface area contributed by atoms with Crippen LogP contribution in [0.2, 0.25) is 0 Å². The maximum Gasteiger partial charge on any atom is 0.239 e. The van der Waals surface area contributed by atoms with Crippen LogP contribution < -0.4 is 10.2 Å². The summed E-state index contributed by atoms with van der Waals surface area (Å²) in [5.41, 5.74) is -1.27. The summed E-state index contributed by atoms with van der Waals surface area (Å²) < 4.78 is 16.6. The van der Waals surface area contributed by atoms with Gasteiger partial charge in [0.15, 0.2) is 5.76 Å². The molecule has 5 unspecified atom stereocenters. The highest BCUT2D eigenvalue weighted by atomic mass is 16.7. The Morgan fingerprint density at radius 1 is 0.875 bits per heavy atom. The molecule has 0 amide bonds. The molecule has 0 spiro atoms. The van der Waals surface area contributed by atoms with Crippen LogP contribution in [0, 0.1) is 0 Å². The maximum atomic E-state index is 13.2. The average Bonchev–Trinajstić information content (AvgIpc) is 2.71. The summed E-state index contributed by atoms with van der Waals surface area (Å²) in [5.74, 6) is -2.74. The van der Waals surface area contributed by atoms with Gasteiger partial charge in [0, 0.05) is 18.2 Å². The molecule has 2 aromatic carbocycles. The monoisotopic (exact) mass is 448 g/mol. The Balaban J connectivity index is 1.93. The Labute approximate surface area is 179 Å². The fraction of sp³-hybridized carbons (Fsp3) is 0.286. The van der Waals surface area contributed by atoms with E-state index in [0.29, 0.717) is 0 Å². The summed E-state index contributed by atoms with van der Waals surface area (Å²) in [7, 11) is 0. The molecule has 11 nitrogen and oxygen atoms in total. The van der Waals surface area contributed by atoms with Gasteiger partial charge in [0.2, 0.25) is 17.5 Å². The topological polar surface area (TPSA) is 190 Å². The van der Waals surface area contributed by atoms with Crippen molar-refractivity contribution in [2.24, 2.45) is 0 Å². The first-order valence-corrected chi connectivity index (χ1v) is 9.50. The minimum atomic E-state index is -1.76. The van der Waals surface area contributed by atoms with Gasteiger partial charge in [0.1, 0.15) is 52.3 Å². The second-order valence-electron chi connectivity index (χ2n) is 7.43. The summed E-state index contributed by atoms with van der Waals surface area (Å²) in [6.45, 7) is 1.42. The van der Waals surface area contributed by atoms with Crippen molar-refractivity contribution < 1.29 is 49.6 Å². The molecule has 5 atom stereocenters. The molecule has 4 rings (SSSR count). The first-order chi connectivity index (χ1) is 15.1. The molecule has 0 saturated carbocycles. The Kier molecular flexibility index (Phi) is 5.34. The van der Waals surface area contributed by atoms with Crippen molar-refractivity contribution in [2.45, 2.75) is 37.6 Å². The summed E-state index contributed by atoms with van der Waals surface area (Å²) in [6.07, 6.45) is -7.41. The molecule has 170 valence electrons. The van der Waals surface area contributed by atoms with Gasteiger partial charge in [-0.3, -0.25) is 4.79 Å². The highest BCUT2D eigenvalue weighted by Crippen LogP contribution is 2.40. The zero-order chi connectivity index (χ0) is 23.3. The largest absolute Gasteiger partial charge is 0.508 e. The lowest BCUT2D eigenvalue weighted by Crippen LogP contribution is -2.58. The Morgan fingerprint density at radius 2 is 1.56 bits per heavy atom. The smallest absolute Gasteiger partial charge is 0.239 e. The predicted molar refractivity (Wildman–Crippen MR) is 108 cm³/mol. The van der Waals surface area contributed by atoms with Crippen molar-refractivity contribution in [3.05, 3.63) is 40.6 Å². The van der Waals surface area contributed by atoms with Gasteiger partial charge >= 0.3 is 0 Å². The second kappa shape index (κ2) is 7.88. The third-order valence-corrected chi connectivity index (χ3v) is 5.19. The minimum Gasteiger partial charge on any atom is -0.508 e. The minimum absolute atomic E-state index is 0.0986. The highest BCUT2D eigenvalue weighted by molar-refractivity contribution is 5.88. The standard InChI is InChI=1S/C21H20O11/c1-7-15(26)17(28)18(29)21(30-7)32-20-16(27)14-12(25)5-9(23)6-13(14)31-19(20)10-3-2-8(22)4-11(10)24/h2-7,15,17-18,21-26,28-29H,1H3. The summed E-state index contributed by atoms with van der Waals surface area (Å²) >= 11 is 0. The van der Waals surface area contributed by atoms with E-state index in [1.165, 1.54) is 19.1 Å². The van der Waals surface area contributed by atoms with Crippen LogP contribution in [0.15, 0.2) is 39.5 Å². The van der Waals surface area contributed by atoms with Crippen molar-refractivity contribution in [3.63, 3.8) is 0 Å². The molecule has 3 aromatic rings. The van der Waals surface area contributed by atoms with E-state index in [1.54, 1.807) is 0 Å². The van der Waals surface area contributed by atoms with Gasteiger partial charge in [0.25, 0.3) is 0 Å². The molecule has 7 N–H and O–H groups in total. The van der Waals surface area contributed by atoms with E-state index >= 15 is 0 Å². The normalized spacial score (nSPS) is 25.7. The number of phenols is 4. The number of fused-ring (bicyclic) bond motifs is 1. The van der Waals surface area contributed by atoms with E-state index in [0.717, 1.165) is 18.2 Å². The van der Waals surface area contributed by atoms with Crippen molar-refractivity contribution in [3.8, 4) is 40.1 Å². The molecule has 1 aromatic heterocycles. The van der Waals surface area contributed by atoms with E-state index in [1.807, 2.05) is 0 Å². The van der Waals surface area contributed by atoms with Crippen LogP contribution in [0.25, 0.3) is 22.3 Å². The molecule has 2 heterocycles. The van der Waals surface area contributed by atoms with Crippen LogP contribution in [0.1, 0.15) is 6.92 Å². The van der Waals surface area contributed by atoms with E-state index in [2.05, 4.69) is 0 Å². The Hall–Kier alpha value is -3.51. The summed E-state index contributed by atoms with van der Waals surface area (Å²) in [4.78, 5) is 13.2. The average molecular weight is 448 g/mol. The van der Waals surface area contributed by atoms with Crippen LogP contribution in [-0.4, -0.2) is 66.5 Å². The van der Waals surface area contributed by atoms with Crippen LogP contribution in [0.4, 0.5) is 0 Å². The molecule has 1 aliphatic heterocycles. The van der Waals surface area contributed by atoms with Crippen LogP contribution in [0.5, 0.6) is 28.7 Å². The molecule has 0 bridgehead atoms. The Morgan fingerprint density at radius 3 is 2.25 bits per heavy atom. The highest BCUT2D eigenvalue weighted by Gasteiger charge is 2.44. The number of phenolic OH excluding ortho intramolecular Hbond substituents is 4. The van der Waals surface area contributed by atoms with Crippen molar-refractivity contribution in [2.75, 3.05) is 0 Å². The van der Waals surface area contributed by atoms with Gasteiger partial charge in [-0.15, -0.1) is 0 Å². The number of aliphatic hydroxyl groups excluding tert-OH is 3. The number of aromatic hydroxyl groups is 4. The molecular formula is C21H20O11. The van der Waals surface area contributed by atoms with Gasteiger partial charge in [-0.25, -0.2) is 0 Å². The maximum absolute atomic E-state index is 13.2. The number of ether oxygens (including phenoxy) is 2. The van der Waals surface area contributed by atoms with E-state index in [-0.39, 0.29) is 28.0 Å². The molecule has 11 heteroatoms. The lowest BCUT2D eigenvalue weighted by Gasteiger charge is -2.38. The van der Waals surface area contributed by atoms with Gasteiger partial charge < -0.3 is 49.6 Å². The predicted octanol–water partition coefficient (Wildman–Crippen LogP) is 0.489. The third-order valence-electron chi connectivity index (χ3n) is 5.19. The zero-order valence-electron chi connectivity index (χ0n) is 16.5. The van der Waals surface area contributed by atoms with Gasteiger partial charge in [-0.1, -0.05) is 0 Å². The quantitative estimate of drug-likeness (QED) is 0.295. The Bertz CT molecular complexity index is 1230. The first-order valence-electron chi connectivity index (χ1n) is 9.50. The molecule has 0 radical (unpaired) electrons. The first kappa shape index (κ1) is 21.7. The number of aliphatic hydroxyl groups is 3. The molecule has 0 aliphatic carbocycles. The van der Waals surface area contributed by atoms with Gasteiger partial charge in [-0.2, -0.15) is 0 Å². The number of hydrogen-bond donors (Lipinski definition) is 7. The number of benzene rings is 2. The fourth-order valence-electron chi connectivity index (χ4n) is 3.49. The van der Waals surface area contributed by atoms with E-state index in [9.17, 15) is 40.5 Å². The lowest BCUT2D eigenvalue weighted by atomic mass is 10.00. The lowest BCUT2D eigenvalue weighted by molar-refractivity contribution is -0.268. The van der Waals surface area contributed by atoms with Crippen molar-refractivity contribution in [1.29, 1.82) is 0 Å². The van der Waals surface area contributed by atoms with Crippen molar-refractivity contribution in [1.82, 2.24) is 0 Å². The number of rotatable bonds is 3. The van der Waals surface area contributed by atoms with E-state index in [4.69, 9.17) is 13.9 Å². The molecule has 1 aliphatic rings. The molecular weight excluding hydrogens is 428 g/mol. The molecule has 1 fully saturated rings. The molecule has 1 saturated heterocycles. The SMILES string of the molecule is CC1OC(Oc2c(-c3ccc(O)cc3O)oc3cc(O)cc(O)c3c2=O)C(O)C(O)C1O. The zero-order valence-corrected chi connectivity index (χ0v) is 16.5. The van der Waals surface area contributed by atoms with Crippen LogP contribution in [-0.2, 0) is 4.74 Å². The van der Waals surface area contributed by atoms with Gasteiger partial charge in [0.05, 0.1) is 11.7 Å².